The van der Waals surface area contributed by atoms with Gasteiger partial charge in [-0.1, -0.05) is 0 Å². The van der Waals surface area contributed by atoms with E-state index in [4.69, 9.17) is 5.11 Å². The van der Waals surface area contributed by atoms with Gasteiger partial charge < -0.3 is 14.9 Å². The number of carboxylic acids is 1. The highest BCUT2D eigenvalue weighted by molar-refractivity contribution is 9.11. The molecule has 110 valence electrons. The molecular weight excluding hydrogens is 344 g/mol. The molecule has 0 unspecified atom stereocenters. The Labute approximate surface area is 130 Å². The summed E-state index contributed by atoms with van der Waals surface area (Å²) >= 11 is 4.99. The number of aliphatic carboxylic acids is 1. The molecule has 0 spiro atoms. The van der Waals surface area contributed by atoms with Crippen molar-refractivity contribution in [3.8, 4) is 0 Å². The zero-order valence-electron chi connectivity index (χ0n) is 11.2. The molecule has 1 fully saturated rings. The number of hydrogen-bond acceptors (Lipinski definition) is 3. The van der Waals surface area contributed by atoms with Gasteiger partial charge in [-0.2, -0.15) is 0 Å². The summed E-state index contributed by atoms with van der Waals surface area (Å²) in [5.74, 6) is -0.868. The van der Waals surface area contributed by atoms with E-state index in [0.717, 1.165) is 22.2 Å². The molecule has 5 nitrogen and oxygen atoms in total. The number of thiophene rings is 1. The van der Waals surface area contributed by atoms with E-state index in [2.05, 4.69) is 15.9 Å². The van der Waals surface area contributed by atoms with Crippen molar-refractivity contribution in [1.82, 2.24) is 9.80 Å². The molecule has 0 bridgehead atoms. The van der Waals surface area contributed by atoms with E-state index < -0.39 is 5.97 Å². The van der Waals surface area contributed by atoms with Gasteiger partial charge in [0, 0.05) is 26.2 Å². The van der Waals surface area contributed by atoms with Crippen LogP contribution in [-0.4, -0.2) is 46.5 Å². The van der Waals surface area contributed by atoms with E-state index in [9.17, 15) is 9.59 Å². The monoisotopic (exact) mass is 360 g/mol. The normalized spacial score (nSPS) is 14.1. The number of carbonyl (C=O) groups is 2. The van der Waals surface area contributed by atoms with E-state index in [1.165, 1.54) is 0 Å². The van der Waals surface area contributed by atoms with Gasteiger partial charge >= 0.3 is 12.0 Å². The number of carboxylic acid groups (broad SMARTS) is 1. The summed E-state index contributed by atoms with van der Waals surface area (Å²) in [5, 5.41) is 10.8. The Bertz CT molecular complexity index is 502. The fraction of sp³-hybridized carbons (Fsp3) is 0.538. The van der Waals surface area contributed by atoms with Gasteiger partial charge in [-0.05, 0) is 45.8 Å². The summed E-state index contributed by atoms with van der Waals surface area (Å²) in [4.78, 5) is 26.4. The minimum atomic E-state index is -0.868. The van der Waals surface area contributed by atoms with Crippen LogP contribution in [0.4, 0.5) is 4.79 Å². The van der Waals surface area contributed by atoms with Gasteiger partial charge in [-0.15, -0.1) is 11.3 Å². The fourth-order valence-electron chi connectivity index (χ4n) is 2.03. The molecule has 1 aliphatic carbocycles. The summed E-state index contributed by atoms with van der Waals surface area (Å²) in [6.45, 7) is 0.827. The van der Waals surface area contributed by atoms with Crippen LogP contribution in [0.3, 0.4) is 0 Å². The number of nitrogens with zero attached hydrogens (tertiary/aromatic N) is 2. The third kappa shape index (κ3) is 4.21. The van der Waals surface area contributed by atoms with E-state index >= 15 is 0 Å². The lowest BCUT2D eigenvalue weighted by Crippen LogP contribution is -2.43. The molecule has 20 heavy (non-hydrogen) atoms. The van der Waals surface area contributed by atoms with Crippen molar-refractivity contribution in [2.45, 2.75) is 31.8 Å². The molecule has 0 radical (unpaired) electrons. The molecular formula is C13H17BrN2O3S. The van der Waals surface area contributed by atoms with E-state index in [0.29, 0.717) is 6.54 Å². The van der Waals surface area contributed by atoms with Gasteiger partial charge in [0.1, 0.15) is 0 Å². The minimum absolute atomic E-state index is 0.0000786. The quantitative estimate of drug-likeness (QED) is 0.847. The maximum atomic E-state index is 12.4. The van der Waals surface area contributed by atoms with Crippen LogP contribution >= 0.6 is 27.3 Å². The third-order valence-corrected chi connectivity index (χ3v) is 4.72. The highest BCUT2D eigenvalue weighted by atomic mass is 79.9. The SMILES string of the molecule is CN(Cc1csc(Br)c1)C(=O)N(CCC(=O)O)C1CC1. The van der Waals surface area contributed by atoms with Gasteiger partial charge in [0.15, 0.2) is 0 Å². The van der Waals surface area contributed by atoms with Crippen LogP contribution in [-0.2, 0) is 11.3 Å². The van der Waals surface area contributed by atoms with Crippen LogP contribution in [0, 0.1) is 0 Å². The molecule has 1 N–H and O–H groups in total. The Morgan fingerprint density at radius 1 is 1.50 bits per heavy atom. The molecule has 2 rings (SSSR count). The number of halogens is 1. The first-order valence-electron chi connectivity index (χ1n) is 6.44. The first kappa shape index (κ1) is 15.3. The van der Waals surface area contributed by atoms with Crippen LogP contribution in [0.1, 0.15) is 24.8 Å². The van der Waals surface area contributed by atoms with Crippen molar-refractivity contribution in [1.29, 1.82) is 0 Å². The lowest BCUT2D eigenvalue weighted by molar-refractivity contribution is -0.137. The summed E-state index contributed by atoms with van der Waals surface area (Å²) in [6, 6.07) is 2.13. The molecule has 1 aromatic heterocycles. The topological polar surface area (TPSA) is 60.9 Å². The predicted octanol–water partition coefficient (Wildman–Crippen LogP) is 3.00. The molecule has 1 heterocycles. The second kappa shape index (κ2) is 6.58. The zero-order valence-corrected chi connectivity index (χ0v) is 13.6. The van der Waals surface area contributed by atoms with Crippen molar-refractivity contribution in [2.24, 2.45) is 0 Å². The van der Waals surface area contributed by atoms with Crippen molar-refractivity contribution in [3.05, 3.63) is 20.8 Å². The van der Waals surface area contributed by atoms with Gasteiger partial charge in [-0.25, -0.2) is 4.79 Å². The molecule has 1 aromatic rings. The van der Waals surface area contributed by atoms with Crippen LogP contribution in [0.25, 0.3) is 0 Å². The van der Waals surface area contributed by atoms with E-state index in [1.54, 1.807) is 28.2 Å². The zero-order chi connectivity index (χ0) is 14.7. The summed E-state index contributed by atoms with van der Waals surface area (Å²) < 4.78 is 1.04. The Kier molecular flexibility index (Phi) is 5.04. The molecule has 0 aromatic carbocycles. The van der Waals surface area contributed by atoms with Gasteiger partial charge in [0.2, 0.25) is 0 Å². The van der Waals surface area contributed by atoms with Gasteiger partial charge in [-0.3, -0.25) is 4.79 Å². The number of amides is 2. The first-order chi connectivity index (χ1) is 9.47. The number of rotatable bonds is 6. The van der Waals surface area contributed by atoms with E-state index in [1.807, 2.05) is 11.4 Å². The smallest absolute Gasteiger partial charge is 0.320 e. The fourth-order valence-corrected chi connectivity index (χ4v) is 3.23. The predicted molar refractivity (Wildman–Crippen MR) is 80.9 cm³/mol. The Morgan fingerprint density at radius 2 is 2.20 bits per heavy atom. The molecule has 1 saturated carbocycles. The standard InChI is InChI=1S/C13H17BrN2O3S/c1-15(7-9-6-11(14)20-8-9)13(19)16(10-2-3-10)5-4-12(17)18/h6,8,10H,2-5,7H2,1H3,(H,17,18). The molecule has 0 atom stereocenters. The summed E-state index contributed by atoms with van der Waals surface area (Å²) in [6.07, 6.45) is 1.95. The minimum Gasteiger partial charge on any atom is -0.481 e. The number of hydrogen-bond donors (Lipinski definition) is 1. The van der Waals surface area contributed by atoms with Crippen molar-refractivity contribution in [2.75, 3.05) is 13.6 Å². The van der Waals surface area contributed by atoms with Crippen molar-refractivity contribution >= 4 is 39.3 Å². The van der Waals surface area contributed by atoms with E-state index in [-0.39, 0.29) is 25.0 Å². The Morgan fingerprint density at radius 3 is 2.70 bits per heavy atom. The summed E-state index contributed by atoms with van der Waals surface area (Å²) in [5.41, 5.74) is 1.08. The lowest BCUT2D eigenvalue weighted by Gasteiger charge is -2.27. The highest BCUT2D eigenvalue weighted by Gasteiger charge is 2.34. The van der Waals surface area contributed by atoms with Crippen LogP contribution < -0.4 is 0 Å². The first-order valence-corrected chi connectivity index (χ1v) is 8.11. The Balaban J connectivity index is 1.93. The highest BCUT2D eigenvalue weighted by Crippen LogP contribution is 2.28. The van der Waals surface area contributed by atoms with Crippen LogP contribution in [0.15, 0.2) is 15.2 Å². The second-order valence-corrected chi connectivity index (χ2v) is 7.26. The van der Waals surface area contributed by atoms with Crippen molar-refractivity contribution < 1.29 is 14.7 Å². The average Bonchev–Trinajstić information content (AvgIpc) is 3.13. The van der Waals surface area contributed by atoms with Gasteiger partial charge in [0.05, 0.1) is 10.2 Å². The summed E-state index contributed by atoms with van der Waals surface area (Å²) in [7, 11) is 1.75. The number of carbonyl (C=O) groups excluding carboxylic acids is 1. The lowest BCUT2D eigenvalue weighted by atomic mass is 10.3. The van der Waals surface area contributed by atoms with Gasteiger partial charge in [0.25, 0.3) is 0 Å². The van der Waals surface area contributed by atoms with Crippen molar-refractivity contribution in [3.63, 3.8) is 0 Å². The second-order valence-electron chi connectivity index (χ2n) is 4.97. The maximum absolute atomic E-state index is 12.4. The molecule has 1 aliphatic rings. The third-order valence-electron chi connectivity index (χ3n) is 3.17. The number of urea groups is 1. The van der Waals surface area contributed by atoms with Crippen LogP contribution in [0.5, 0.6) is 0 Å². The van der Waals surface area contributed by atoms with Crippen LogP contribution in [0.2, 0.25) is 0 Å². The molecule has 2 amide bonds. The Hall–Kier alpha value is -1.08. The average molecular weight is 361 g/mol. The molecule has 7 heteroatoms. The maximum Gasteiger partial charge on any atom is 0.320 e. The largest absolute Gasteiger partial charge is 0.481 e. The molecule has 0 aliphatic heterocycles. The molecule has 0 saturated heterocycles.